The number of nitrogens with zero attached hydrogens (tertiary/aromatic N) is 7. The summed E-state index contributed by atoms with van der Waals surface area (Å²) in [5, 5.41) is 12.7. The minimum absolute atomic E-state index is 0.114. The van der Waals surface area contributed by atoms with Crippen LogP contribution in [-0.4, -0.2) is 42.8 Å². The maximum absolute atomic E-state index is 12.1. The van der Waals surface area contributed by atoms with Crippen LogP contribution in [0.2, 0.25) is 0 Å². The molecule has 0 saturated carbocycles. The van der Waals surface area contributed by atoms with E-state index in [0.717, 1.165) is 24.5 Å². The van der Waals surface area contributed by atoms with Crippen molar-refractivity contribution in [2.24, 2.45) is 5.92 Å². The Balaban J connectivity index is 1.49. The van der Waals surface area contributed by atoms with Gasteiger partial charge in [-0.2, -0.15) is 10.1 Å². The van der Waals surface area contributed by atoms with Crippen LogP contribution in [0, 0.1) is 26.7 Å². The van der Waals surface area contributed by atoms with Crippen LogP contribution in [-0.2, 0) is 6.54 Å². The van der Waals surface area contributed by atoms with E-state index in [1.54, 1.807) is 17.7 Å². The second-order valence-electron chi connectivity index (χ2n) is 6.45. The highest BCUT2D eigenvalue weighted by Gasteiger charge is 2.31. The second-order valence-corrected chi connectivity index (χ2v) is 6.45. The molecular weight excluding hydrogens is 322 g/mol. The van der Waals surface area contributed by atoms with Gasteiger partial charge in [-0.25, -0.2) is 9.36 Å². The zero-order chi connectivity index (χ0) is 17.6. The Kier molecular flexibility index (Phi) is 3.63. The standard InChI is InChI=1S/C16H19N7O2/c1-10-6-11(2)23(18-10)14-4-5-15(24)22(19-14)9-13-7-21(8-13)16-17-12(3)20-25-16/h4-6,13H,7-9H2,1-3H3. The van der Waals surface area contributed by atoms with Gasteiger partial charge < -0.3 is 9.42 Å². The molecule has 0 aliphatic carbocycles. The van der Waals surface area contributed by atoms with Crippen LogP contribution < -0.4 is 10.5 Å². The van der Waals surface area contributed by atoms with E-state index in [1.165, 1.54) is 10.7 Å². The molecule has 0 aromatic carbocycles. The summed E-state index contributed by atoms with van der Waals surface area (Å²) >= 11 is 0. The van der Waals surface area contributed by atoms with Crippen LogP contribution in [0.4, 0.5) is 6.01 Å². The first kappa shape index (κ1) is 15.6. The Morgan fingerprint density at radius 3 is 2.64 bits per heavy atom. The molecule has 25 heavy (non-hydrogen) atoms. The van der Waals surface area contributed by atoms with Crippen molar-refractivity contribution in [2.45, 2.75) is 27.3 Å². The first-order valence-electron chi connectivity index (χ1n) is 8.16. The first-order valence-corrected chi connectivity index (χ1v) is 8.16. The lowest BCUT2D eigenvalue weighted by Gasteiger charge is -2.37. The molecule has 0 unspecified atom stereocenters. The van der Waals surface area contributed by atoms with Gasteiger partial charge in [0.1, 0.15) is 0 Å². The van der Waals surface area contributed by atoms with Crippen molar-refractivity contribution in [1.82, 2.24) is 29.7 Å². The number of aryl methyl sites for hydroxylation is 3. The SMILES string of the molecule is Cc1cc(C)n(-c2ccc(=O)n(CC3CN(c4nc(C)no4)C3)n2)n1. The van der Waals surface area contributed by atoms with Crippen LogP contribution in [0.1, 0.15) is 17.2 Å². The average molecular weight is 341 g/mol. The van der Waals surface area contributed by atoms with Crippen LogP contribution in [0.15, 0.2) is 27.5 Å². The van der Waals surface area contributed by atoms with Crippen molar-refractivity contribution in [1.29, 1.82) is 0 Å². The lowest BCUT2D eigenvalue weighted by atomic mass is 10.0. The first-order chi connectivity index (χ1) is 12.0. The molecule has 1 fully saturated rings. The van der Waals surface area contributed by atoms with Gasteiger partial charge >= 0.3 is 6.01 Å². The van der Waals surface area contributed by atoms with Crippen LogP contribution in [0.5, 0.6) is 0 Å². The van der Waals surface area contributed by atoms with Crippen LogP contribution >= 0.6 is 0 Å². The summed E-state index contributed by atoms with van der Waals surface area (Å²) in [6, 6.07) is 5.75. The molecule has 0 bridgehead atoms. The smallest absolute Gasteiger partial charge is 0.324 e. The van der Waals surface area contributed by atoms with Gasteiger partial charge in [0.2, 0.25) is 0 Å². The van der Waals surface area contributed by atoms with Crippen molar-refractivity contribution in [2.75, 3.05) is 18.0 Å². The zero-order valence-corrected chi connectivity index (χ0v) is 14.4. The maximum Gasteiger partial charge on any atom is 0.324 e. The predicted molar refractivity (Wildman–Crippen MR) is 89.8 cm³/mol. The molecule has 4 rings (SSSR count). The van der Waals surface area contributed by atoms with Gasteiger partial charge in [-0.3, -0.25) is 4.79 Å². The Bertz CT molecular complexity index is 965. The summed E-state index contributed by atoms with van der Waals surface area (Å²) in [6.45, 7) is 7.77. The number of aromatic nitrogens is 6. The van der Waals surface area contributed by atoms with E-state index < -0.39 is 0 Å². The van der Waals surface area contributed by atoms with Crippen molar-refractivity contribution in [3.05, 3.63) is 45.8 Å². The highest BCUT2D eigenvalue weighted by molar-refractivity contribution is 5.30. The number of hydrogen-bond acceptors (Lipinski definition) is 7. The molecule has 1 aliphatic heterocycles. The van der Waals surface area contributed by atoms with E-state index in [0.29, 0.717) is 30.1 Å². The number of hydrogen-bond donors (Lipinski definition) is 0. The largest absolute Gasteiger partial charge is 0.324 e. The summed E-state index contributed by atoms with van der Waals surface area (Å²) in [7, 11) is 0. The summed E-state index contributed by atoms with van der Waals surface area (Å²) in [5.74, 6) is 1.58. The molecule has 0 spiro atoms. The Hall–Kier alpha value is -2.97. The third kappa shape index (κ3) is 2.92. The van der Waals surface area contributed by atoms with E-state index >= 15 is 0 Å². The van der Waals surface area contributed by atoms with Gasteiger partial charge in [0.25, 0.3) is 5.56 Å². The fraction of sp³-hybridized carbons (Fsp3) is 0.438. The normalized spacial score (nSPS) is 14.8. The molecule has 9 heteroatoms. The van der Waals surface area contributed by atoms with Crippen molar-refractivity contribution in [3.63, 3.8) is 0 Å². The summed E-state index contributed by atoms with van der Waals surface area (Å²) in [5.41, 5.74) is 1.79. The Morgan fingerprint density at radius 2 is 2.00 bits per heavy atom. The topological polar surface area (TPSA) is 94.9 Å². The predicted octanol–water partition coefficient (Wildman–Crippen LogP) is 0.874. The third-order valence-corrected chi connectivity index (χ3v) is 4.25. The van der Waals surface area contributed by atoms with Gasteiger partial charge in [0, 0.05) is 30.8 Å². The summed E-state index contributed by atoms with van der Waals surface area (Å²) < 4.78 is 8.41. The summed E-state index contributed by atoms with van der Waals surface area (Å²) in [4.78, 5) is 18.4. The van der Waals surface area contributed by atoms with E-state index in [-0.39, 0.29) is 5.56 Å². The van der Waals surface area contributed by atoms with E-state index in [2.05, 4.69) is 20.3 Å². The highest BCUT2D eigenvalue weighted by atomic mass is 16.5. The molecule has 3 aromatic heterocycles. The molecular formula is C16H19N7O2. The molecule has 4 heterocycles. The van der Waals surface area contributed by atoms with Gasteiger partial charge in [0.15, 0.2) is 11.6 Å². The molecule has 130 valence electrons. The third-order valence-electron chi connectivity index (χ3n) is 4.25. The van der Waals surface area contributed by atoms with Crippen molar-refractivity contribution < 1.29 is 4.52 Å². The quantitative estimate of drug-likeness (QED) is 0.695. The van der Waals surface area contributed by atoms with Crippen molar-refractivity contribution >= 4 is 6.01 Å². The maximum atomic E-state index is 12.1. The molecule has 1 saturated heterocycles. The summed E-state index contributed by atoms with van der Waals surface area (Å²) in [6.07, 6.45) is 0. The van der Waals surface area contributed by atoms with Crippen LogP contribution in [0.25, 0.3) is 5.82 Å². The zero-order valence-electron chi connectivity index (χ0n) is 14.4. The second kappa shape index (κ2) is 5.83. The lowest BCUT2D eigenvalue weighted by Crippen LogP contribution is -2.50. The van der Waals surface area contributed by atoms with Gasteiger partial charge in [-0.15, -0.1) is 5.10 Å². The number of rotatable bonds is 4. The van der Waals surface area contributed by atoms with E-state index in [9.17, 15) is 4.79 Å². The lowest BCUT2D eigenvalue weighted by molar-refractivity contribution is 0.303. The minimum atomic E-state index is -0.114. The molecule has 0 amide bonds. The highest BCUT2D eigenvalue weighted by Crippen LogP contribution is 2.23. The Labute approximate surface area is 143 Å². The monoisotopic (exact) mass is 341 g/mol. The van der Waals surface area contributed by atoms with Crippen molar-refractivity contribution in [3.8, 4) is 5.82 Å². The number of anilines is 1. The fourth-order valence-corrected chi connectivity index (χ4v) is 3.04. The van der Waals surface area contributed by atoms with Gasteiger partial charge in [-0.05, 0) is 32.9 Å². The van der Waals surface area contributed by atoms with Gasteiger partial charge in [0.05, 0.1) is 12.2 Å². The van der Waals surface area contributed by atoms with Crippen LogP contribution in [0.3, 0.4) is 0 Å². The molecule has 0 N–H and O–H groups in total. The molecule has 1 aliphatic rings. The van der Waals surface area contributed by atoms with E-state index in [4.69, 9.17) is 4.52 Å². The van der Waals surface area contributed by atoms with E-state index in [1.807, 2.05) is 24.8 Å². The average Bonchev–Trinajstić information content (AvgIpc) is 3.09. The molecule has 0 atom stereocenters. The van der Waals surface area contributed by atoms with Gasteiger partial charge in [-0.1, -0.05) is 5.16 Å². The minimum Gasteiger partial charge on any atom is -0.324 e. The molecule has 3 aromatic rings. The molecule has 0 radical (unpaired) electrons. The Morgan fingerprint density at radius 1 is 1.20 bits per heavy atom. The molecule has 9 nitrogen and oxygen atoms in total. The fourth-order valence-electron chi connectivity index (χ4n) is 3.04.